The summed E-state index contributed by atoms with van der Waals surface area (Å²) in [7, 11) is -2.95. The van der Waals surface area contributed by atoms with Crippen LogP contribution in [0.2, 0.25) is 0 Å². The molecule has 1 saturated carbocycles. The van der Waals surface area contributed by atoms with Gasteiger partial charge in [0.1, 0.15) is 5.78 Å². The molecule has 1 spiro atoms. The predicted octanol–water partition coefficient (Wildman–Crippen LogP) is 3.19. The molecule has 2 heterocycles. The van der Waals surface area contributed by atoms with Gasteiger partial charge in [-0.25, -0.2) is 0 Å². The molecule has 0 aromatic carbocycles. The highest BCUT2D eigenvalue weighted by molar-refractivity contribution is 8.01. The van der Waals surface area contributed by atoms with Crippen LogP contribution < -0.4 is 5.32 Å². The molecule has 18 heavy (non-hydrogen) atoms. The molecule has 0 unspecified atom stereocenters. The summed E-state index contributed by atoms with van der Waals surface area (Å²) in [6.45, 7) is 5.21. The van der Waals surface area contributed by atoms with Crippen LogP contribution in [0.4, 0.5) is 0 Å². The highest BCUT2D eigenvalue weighted by Crippen LogP contribution is 2.61. The Morgan fingerprint density at radius 2 is 1.83 bits per heavy atom. The van der Waals surface area contributed by atoms with Gasteiger partial charge >= 0.3 is 7.60 Å². The Balaban J connectivity index is 1.67. The molecule has 2 saturated heterocycles. The van der Waals surface area contributed by atoms with Crippen molar-refractivity contribution in [3.63, 3.8) is 0 Å². The highest BCUT2D eigenvalue weighted by Gasteiger charge is 2.51. The van der Waals surface area contributed by atoms with Crippen LogP contribution in [-0.4, -0.2) is 29.6 Å². The van der Waals surface area contributed by atoms with E-state index in [0.29, 0.717) is 13.2 Å². The molecule has 0 aromatic heterocycles. The Bertz CT molecular complexity index is 368. The van der Waals surface area contributed by atoms with Crippen molar-refractivity contribution in [2.75, 3.05) is 19.0 Å². The average molecular weight is 291 g/mol. The Labute approximate surface area is 113 Å². The van der Waals surface area contributed by atoms with Crippen LogP contribution in [-0.2, 0) is 13.6 Å². The van der Waals surface area contributed by atoms with E-state index in [4.69, 9.17) is 9.05 Å². The molecule has 0 aromatic rings. The third-order valence-corrected chi connectivity index (χ3v) is 7.89. The minimum atomic E-state index is -2.95. The highest BCUT2D eigenvalue weighted by atomic mass is 32.2. The summed E-state index contributed by atoms with van der Waals surface area (Å²) in [5.74, 6) is 0.731. The topological polar surface area (TPSA) is 47.6 Å². The second kappa shape index (κ2) is 4.49. The van der Waals surface area contributed by atoms with Gasteiger partial charge in [0, 0.05) is 11.2 Å². The fourth-order valence-electron chi connectivity index (χ4n) is 2.82. The summed E-state index contributed by atoms with van der Waals surface area (Å²) in [5, 5.41) is 3.55. The summed E-state index contributed by atoms with van der Waals surface area (Å²) < 4.78 is 24.0. The van der Waals surface area contributed by atoms with Gasteiger partial charge in [-0.1, -0.05) is 26.7 Å². The van der Waals surface area contributed by atoms with Gasteiger partial charge in [0.05, 0.1) is 18.1 Å². The summed E-state index contributed by atoms with van der Waals surface area (Å²) in [5.41, 5.74) is -0.0231. The zero-order valence-corrected chi connectivity index (χ0v) is 12.8. The van der Waals surface area contributed by atoms with Gasteiger partial charge in [0.25, 0.3) is 0 Å². The third kappa shape index (κ3) is 2.40. The molecule has 3 aliphatic rings. The van der Waals surface area contributed by atoms with Crippen molar-refractivity contribution in [2.24, 2.45) is 5.41 Å². The molecule has 0 radical (unpaired) electrons. The van der Waals surface area contributed by atoms with Crippen molar-refractivity contribution >= 4 is 19.4 Å². The van der Waals surface area contributed by atoms with Crippen molar-refractivity contribution in [3.8, 4) is 0 Å². The van der Waals surface area contributed by atoms with Crippen LogP contribution in [0, 0.1) is 5.41 Å². The van der Waals surface area contributed by atoms with E-state index in [1.807, 2.05) is 11.8 Å². The molecule has 3 rings (SSSR count). The zero-order chi connectivity index (χ0) is 12.9. The monoisotopic (exact) mass is 291 g/mol. The lowest BCUT2D eigenvalue weighted by molar-refractivity contribution is 0.0372. The van der Waals surface area contributed by atoms with E-state index in [1.54, 1.807) is 0 Å². The number of hydrogen-bond acceptors (Lipinski definition) is 5. The smallest absolute Gasteiger partial charge is 0.307 e. The van der Waals surface area contributed by atoms with Gasteiger partial charge in [-0.2, -0.15) is 0 Å². The summed E-state index contributed by atoms with van der Waals surface area (Å²) in [6.07, 6.45) is 4.90. The van der Waals surface area contributed by atoms with Crippen molar-refractivity contribution in [1.82, 2.24) is 5.32 Å². The predicted molar refractivity (Wildman–Crippen MR) is 73.9 cm³/mol. The Morgan fingerprint density at radius 3 is 2.44 bits per heavy atom. The lowest BCUT2D eigenvalue weighted by atomic mass is 9.97. The standard InChI is InChI=1S/C12H22NO3PS/c1-11(2)8-15-17(14,16-9-11)10-7-18-12(13-10)5-3-4-6-12/h10,13H,3-9H2,1-2H3/t10-/m0/s1. The van der Waals surface area contributed by atoms with Crippen LogP contribution in [0.15, 0.2) is 0 Å². The van der Waals surface area contributed by atoms with Gasteiger partial charge in [-0.05, 0) is 12.8 Å². The molecule has 4 nitrogen and oxygen atoms in total. The Kier molecular flexibility index (Phi) is 3.35. The summed E-state index contributed by atoms with van der Waals surface area (Å²) >= 11 is 1.91. The first-order valence-electron chi connectivity index (χ1n) is 6.74. The molecule has 2 aliphatic heterocycles. The molecular formula is C12H22NO3PS. The average Bonchev–Trinajstić information content (AvgIpc) is 2.95. The number of nitrogens with one attached hydrogen (secondary N) is 1. The van der Waals surface area contributed by atoms with Crippen molar-refractivity contribution < 1.29 is 13.6 Å². The van der Waals surface area contributed by atoms with Gasteiger partial charge in [0.2, 0.25) is 0 Å². The first-order chi connectivity index (χ1) is 8.43. The van der Waals surface area contributed by atoms with Crippen LogP contribution >= 0.6 is 19.4 Å². The second-order valence-corrected chi connectivity index (χ2v) is 10.0. The lowest BCUT2D eigenvalue weighted by Crippen LogP contribution is -2.42. The number of rotatable bonds is 1. The normalized spacial score (nSPS) is 37.1. The van der Waals surface area contributed by atoms with Gasteiger partial charge in [-0.3, -0.25) is 9.88 Å². The Hall–Kier alpha value is 0.460. The van der Waals surface area contributed by atoms with Crippen molar-refractivity contribution in [3.05, 3.63) is 0 Å². The summed E-state index contributed by atoms with van der Waals surface area (Å²) in [6, 6.07) is 0. The van der Waals surface area contributed by atoms with Gasteiger partial charge in [-0.15, -0.1) is 11.8 Å². The molecular weight excluding hydrogens is 269 g/mol. The fraction of sp³-hybridized carbons (Fsp3) is 1.00. The summed E-state index contributed by atoms with van der Waals surface area (Å²) in [4.78, 5) is 0.155. The number of thioether (sulfide) groups is 1. The largest absolute Gasteiger partial charge is 0.348 e. The van der Waals surface area contributed by atoms with Crippen LogP contribution in [0.3, 0.4) is 0 Å². The first-order valence-corrected chi connectivity index (χ1v) is 9.33. The van der Waals surface area contributed by atoms with Gasteiger partial charge < -0.3 is 9.05 Å². The quantitative estimate of drug-likeness (QED) is 0.752. The molecule has 6 heteroatoms. The van der Waals surface area contributed by atoms with E-state index < -0.39 is 7.60 Å². The van der Waals surface area contributed by atoms with E-state index in [1.165, 1.54) is 25.7 Å². The fourth-order valence-corrected chi connectivity index (χ4v) is 7.12. The third-order valence-electron chi connectivity index (χ3n) is 4.01. The maximum atomic E-state index is 12.7. The first kappa shape index (κ1) is 13.4. The van der Waals surface area contributed by atoms with Crippen molar-refractivity contribution in [2.45, 2.75) is 50.2 Å². The number of hydrogen-bond donors (Lipinski definition) is 1. The second-order valence-electron chi connectivity index (χ2n) is 6.42. The van der Waals surface area contributed by atoms with E-state index in [2.05, 4.69) is 19.2 Å². The van der Waals surface area contributed by atoms with E-state index in [9.17, 15) is 4.57 Å². The molecule has 3 fully saturated rings. The Morgan fingerprint density at radius 1 is 1.22 bits per heavy atom. The molecule has 0 amide bonds. The molecule has 1 aliphatic carbocycles. The minimum Gasteiger partial charge on any atom is -0.307 e. The van der Waals surface area contributed by atoms with Crippen LogP contribution in [0.5, 0.6) is 0 Å². The van der Waals surface area contributed by atoms with Crippen LogP contribution in [0.25, 0.3) is 0 Å². The lowest BCUT2D eigenvalue weighted by Gasteiger charge is -2.36. The zero-order valence-electron chi connectivity index (χ0n) is 11.1. The molecule has 0 bridgehead atoms. The van der Waals surface area contributed by atoms with E-state index in [0.717, 1.165) is 5.75 Å². The SMILES string of the molecule is CC1(C)COP(=O)([C@H]2CSC3(CCCC3)N2)OC1. The van der Waals surface area contributed by atoms with Gasteiger partial charge in [0.15, 0.2) is 0 Å². The minimum absolute atomic E-state index is 0.0231. The maximum absolute atomic E-state index is 12.7. The molecule has 1 N–H and O–H groups in total. The van der Waals surface area contributed by atoms with Crippen molar-refractivity contribution in [1.29, 1.82) is 0 Å². The molecule has 104 valence electrons. The van der Waals surface area contributed by atoms with E-state index >= 15 is 0 Å². The van der Waals surface area contributed by atoms with E-state index in [-0.39, 0.29) is 16.1 Å². The maximum Gasteiger partial charge on any atom is 0.348 e. The molecule has 1 atom stereocenters. The van der Waals surface area contributed by atoms with Crippen LogP contribution in [0.1, 0.15) is 39.5 Å².